The third-order valence-electron chi connectivity index (χ3n) is 3.85. The fraction of sp³-hybridized carbons (Fsp3) is 0.200. The summed E-state index contributed by atoms with van der Waals surface area (Å²) in [5.74, 6) is -12.4. The van der Waals surface area contributed by atoms with Crippen molar-refractivity contribution in [3.05, 3.63) is 53.6 Å². The largest absolute Gasteiger partial charge is 0.504 e. The monoisotopic (exact) mass is 322 g/mol. The van der Waals surface area contributed by atoms with Crippen molar-refractivity contribution in [2.24, 2.45) is 0 Å². The number of hydrogen-bond acceptors (Lipinski definition) is 8. The van der Waals surface area contributed by atoms with E-state index in [1.165, 1.54) is 24.3 Å². The Morgan fingerprint density at radius 2 is 1.39 bits per heavy atom. The standard InChI is InChI=1S/C15H14O8/c16-9-6-7-10-11(12(9)17)13(18,19)15(21,22)14(20,23-10)8-4-2-1-3-5-8/h1-7,16-22H. The van der Waals surface area contributed by atoms with Crippen LogP contribution < -0.4 is 4.74 Å². The van der Waals surface area contributed by atoms with Gasteiger partial charge < -0.3 is 40.5 Å². The van der Waals surface area contributed by atoms with Gasteiger partial charge in [0.1, 0.15) is 11.3 Å². The topological polar surface area (TPSA) is 151 Å². The molecule has 0 aromatic heterocycles. The molecule has 1 aliphatic heterocycles. The van der Waals surface area contributed by atoms with Crippen molar-refractivity contribution in [2.45, 2.75) is 17.4 Å². The van der Waals surface area contributed by atoms with Crippen LogP contribution in [-0.4, -0.2) is 41.5 Å². The molecule has 1 heterocycles. The van der Waals surface area contributed by atoms with Crippen LogP contribution in [0.2, 0.25) is 0 Å². The molecule has 0 fully saturated rings. The van der Waals surface area contributed by atoms with Gasteiger partial charge in [-0.15, -0.1) is 0 Å². The second-order valence-corrected chi connectivity index (χ2v) is 5.26. The molecule has 7 N–H and O–H groups in total. The van der Waals surface area contributed by atoms with Crippen LogP contribution in [0.5, 0.6) is 17.2 Å². The molecule has 0 aliphatic carbocycles. The normalized spacial score (nSPS) is 24.6. The SMILES string of the molecule is Oc1ccc2c(c1O)C(O)(O)C(O)(O)C(O)(c1ccccc1)O2. The quantitative estimate of drug-likeness (QED) is 0.265. The van der Waals surface area contributed by atoms with E-state index in [1.54, 1.807) is 6.07 Å². The number of phenols is 2. The second kappa shape index (κ2) is 4.57. The van der Waals surface area contributed by atoms with Crippen molar-refractivity contribution in [2.75, 3.05) is 0 Å². The summed E-state index contributed by atoms with van der Waals surface area (Å²) in [6.45, 7) is 0. The molecule has 0 bridgehead atoms. The van der Waals surface area contributed by atoms with Crippen LogP contribution in [0.1, 0.15) is 11.1 Å². The van der Waals surface area contributed by atoms with Crippen molar-refractivity contribution in [1.82, 2.24) is 0 Å². The highest BCUT2D eigenvalue weighted by Crippen LogP contribution is 2.54. The summed E-state index contributed by atoms with van der Waals surface area (Å²) in [5.41, 5.74) is -1.06. The lowest BCUT2D eigenvalue weighted by Gasteiger charge is -2.49. The summed E-state index contributed by atoms with van der Waals surface area (Å²) in [4.78, 5) is 0. The molecule has 1 aliphatic rings. The first-order valence-electron chi connectivity index (χ1n) is 6.54. The molecule has 122 valence electrons. The van der Waals surface area contributed by atoms with Crippen molar-refractivity contribution >= 4 is 0 Å². The van der Waals surface area contributed by atoms with Crippen LogP contribution in [0.4, 0.5) is 0 Å². The Kier molecular flexibility index (Phi) is 3.09. The van der Waals surface area contributed by atoms with E-state index >= 15 is 0 Å². The number of phenolic OH excluding ortho intramolecular Hbond substituents is 2. The van der Waals surface area contributed by atoms with Gasteiger partial charge in [0, 0.05) is 5.56 Å². The van der Waals surface area contributed by atoms with E-state index in [2.05, 4.69) is 0 Å². The van der Waals surface area contributed by atoms with Gasteiger partial charge in [-0.1, -0.05) is 30.3 Å². The molecule has 2 aromatic carbocycles. The minimum absolute atomic E-state index is 0.171. The van der Waals surface area contributed by atoms with Crippen LogP contribution in [0.25, 0.3) is 0 Å². The van der Waals surface area contributed by atoms with Gasteiger partial charge in [-0.2, -0.15) is 0 Å². The van der Waals surface area contributed by atoms with E-state index in [0.29, 0.717) is 0 Å². The third kappa shape index (κ3) is 1.84. The van der Waals surface area contributed by atoms with Gasteiger partial charge in [0.05, 0.1) is 0 Å². The summed E-state index contributed by atoms with van der Waals surface area (Å²) in [6, 6.07) is 9.10. The zero-order valence-electron chi connectivity index (χ0n) is 11.6. The Bertz CT molecular complexity index is 756. The molecule has 1 atom stereocenters. The van der Waals surface area contributed by atoms with Crippen molar-refractivity contribution in [3.63, 3.8) is 0 Å². The maximum Gasteiger partial charge on any atom is 0.296 e. The fourth-order valence-electron chi connectivity index (χ4n) is 2.55. The fourth-order valence-corrected chi connectivity index (χ4v) is 2.55. The second-order valence-electron chi connectivity index (χ2n) is 5.26. The molecule has 23 heavy (non-hydrogen) atoms. The van der Waals surface area contributed by atoms with Crippen LogP contribution in [-0.2, 0) is 11.6 Å². The summed E-state index contributed by atoms with van der Waals surface area (Å²) < 4.78 is 5.16. The van der Waals surface area contributed by atoms with E-state index in [1.807, 2.05) is 0 Å². The number of aromatic hydroxyl groups is 2. The van der Waals surface area contributed by atoms with E-state index in [9.17, 15) is 35.7 Å². The Morgan fingerprint density at radius 1 is 0.783 bits per heavy atom. The van der Waals surface area contributed by atoms with Crippen LogP contribution in [0.3, 0.4) is 0 Å². The van der Waals surface area contributed by atoms with Crippen LogP contribution in [0.15, 0.2) is 42.5 Å². The van der Waals surface area contributed by atoms with Crippen LogP contribution >= 0.6 is 0 Å². The molecule has 8 heteroatoms. The molecule has 0 spiro atoms. The molecule has 1 unspecified atom stereocenters. The van der Waals surface area contributed by atoms with E-state index < -0.39 is 40.2 Å². The third-order valence-corrected chi connectivity index (χ3v) is 3.85. The Labute approximate surface area is 129 Å². The van der Waals surface area contributed by atoms with E-state index in [0.717, 1.165) is 12.1 Å². The highest BCUT2D eigenvalue weighted by atomic mass is 16.7. The van der Waals surface area contributed by atoms with E-state index in [-0.39, 0.29) is 5.56 Å². The average molecular weight is 322 g/mol. The van der Waals surface area contributed by atoms with Gasteiger partial charge in [-0.05, 0) is 12.1 Å². The first-order chi connectivity index (χ1) is 10.6. The Balaban J connectivity index is 2.30. The lowest BCUT2D eigenvalue weighted by atomic mass is 9.82. The summed E-state index contributed by atoms with van der Waals surface area (Å²) >= 11 is 0. The molecule has 2 aromatic rings. The minimum Gasteiger partial charge on any atom is -0.504 e. The highest BCUT2D eigenvalue weighted by molar-refractivity contribution is 5.57. The first kappa shape index (κ1) is 15.5. The predicted molar refractivity (Wildman–Crippen MR) is 74.0 cm³/mol. The number of benzene rings is 2. The molecule has 0 amide bonds. The molecule has 8 nitrogen and oxygen atoms in total. The maximum absolute atomic E-state index is 10.6. The number of ether oxygens (including phenoxy) is 1. The van der Waals surface area contributed by atoms with Gasteiger partial charge >= 0.3 is 0 Å². The highest BCUT2D eigenvalue weighted by Gasteiger charge is 2.70. The van der Waals surface area contributed by atoms with Crippen molar-refractivity contribution in [1.29, 1.82) is 0 Å². The number of aliphatic hydroxyl groups is 5. The van der Waals surface area contributed by atoms with E-state index in [4.69, 9.17) is 4.74 Å². The minimum atomic E-state index is -3.67. The molecule has 0 radical (unpaired) electrons. The zero-order valence-corrected chi connectivity index (χ0v) is 11.6. The van der Waals surface area contributed by atoms with Crippen LogP contribution in [0, 0.1) is 0 Å². The Morgan fingerprint density at radius 3 is 2.00 bits per heavy atom. The smallest absolute Gasteiger partial charge is 0.296 e. The molecule has 0 saturated heterocycles. The van der Waals surface area contributed by atoms with Gasteiger partial charge in [0.15, 0.2) is 11.5 Å². The average Bonchev–Trinajstić information content (AvgIpc) is 2.50. The summed E-state index contributed by atoms with van der Waals surface area (Å²) in [7, 11) is 0. The van der Waals surface area contributed by atoms with Gasteiger partial charge in [0.25, 0.3) is 17.4 Å². The maximum atomic E-state index is 10.6. The predicted octanol–water partition coefficient (Wildman–Crippen LogP) is -0.846. The number of rotatable bonds is 1. The van der Waals surface area contributed by atoms with Crippen molar-refractivity contribution in [3.8, 4) is 17.2 Å². The molecule has 3 rings (SSSR count). The lowest BCUT2D eigenvalue weighted by Crippen LogP contribution is -2.69. The van der Waals surface area contributed by atoms with Gasteiger partial charge in [0.2, 0.25) is 0 Å². The van der Waals surface area contributed by atoms with Gasteiger partial charge in [-0.3, -0.25) is 0 Å². The summed E-state index contributed by atoms with van der Waals surface area (Å²) in [6.07, 6.45) is 0. The first-order valence-corrected chi connectivity index (χ1v) is 6.54. The lowest BCUT2D eigenvalue weighted by molar-refractivity contribution is -0.468. The van der Waals surface area contributed by atoms with Crippen molar-refractivity contribution < 1.29 is 40.5 Å². The number of hydrogen-bond donors (Lipinski definition) is 7. The molecular formula is C15H14O8. The number of fused-ring (bicyclic) bond motifs is 1. The molecule has 0 saturated carbocycles. The zero-order chi connectivity index (χ0) is 17.0. The van der Waals surface area contributed by atoms with Gasteiger partial charge in [-0.25, -0.2) is 0 Å². The molecular weight excluding hydrogens is 308 g/mol. The summed E-state index contributed by atoms with van der Waals surface area (Å²) in [5, 5.41) is 70.7. The Hall–Kier alpha value is -2.36.